The molecule has 1 atom stereocenters. The lowest BCUT2D eigenvalue weighted by Crippen LogP contribution is -2.19. The molecule has 2 rings (SSSR count). The van der Waals surface area contributed by atoms with E-state index in [2.05, 4.69) is 4.74 Å². The van der Waals surface area contributed by atoms with Crippen LogP contribution in [0.5, 0.6) is 5.75 Å². The van der Waals surface area contributed by atoms with Crippen molar-refractivity contribution in [2.75, 3.05) is 0 Å². The van der Waals surface area contributed by atoms with E-state index in [0.717, 1.165) is 12.8 Å². The maximum atomic E-state index is 12.2. The predicted octanol–water partition coefficient (Wildman–Crippen LogP) is 4.47. The number of ether oxygens (including phenoxy) is 1. The van der Waals surface area contributed by atoms with Crippen molar-refractivity contribution in [2.45, 2.75) is 38.0 Å². The summed E-state index contributed by atoms with van der Waals surface area (Å²) < 4.78 is 40.5. The number of halogens is 4. The fourth-order valence-electron chi connectivity index (χ4n) is 2.28. The number of carbonyl (C=O) groups is 1. The highest BCUT2D eigenvalue weighted by Crippen LogP contribution is 2.36. The summed E-state index contributed by atoms with van der Waals surface area (Å²) in [4.78, 5) is 11.8. The molecule has 0 spiro atoms. The summed E-state index contributed by atoms with van der Waals surface area (Å²) in [5.41, 5.74) is 0.536. The second-order valence-corrected chi connectivity index (χ2v) is 4.91. The number of hydrogen-bond donors (Lipinski definition) is 0. The maximum Gasteiger partial charge on any atom is 0.573 e. The van der Waals surface area contributed by atoms with Gasteiger partial charge in [0.2, 0.25) is 0 Å². The molecule has 104 valence electrons. The van der Waals surface area contributed by atoms with Gasteiger partial charge in [-0.1, -0.05) is 24.1 Å². The van der Waals surface area contributed by atoms with Crippen molar-refractivity contribution >= 4 is 17.4 Å². The minimum Gasteiger partial charge on any atom is -0.404 e. The molecule has 1 fully saturated rings. The summed E-state index contributed by atoms with van der Waals surface area (Å²) in [6.07, 6.45) is -1.92. The smallest absolute Gasteiger partial charge is 0.404 e. The van der Waals surface area contributed by atoms with Gasteiger partial charge >= 0.3 is 6.36 Å². The van der Waals surface area contributed by atoms with Gasteiger partial charge in [-0.25, -0.2) is 0 Å². The van der Waals surface area contributed by atoms with Gasteiger partial charge in [-0.15, -0.1) is 13.2 Å². The molecule has 0 aliphatic heterocycles. The van der Waals surface area contributed by atoms with E-state index in [0.29, 0.717) is 18.4 Å². The molecule has 0 heterocycles. The van der Waals surface area contributed by atoms with Crippen molar-refractivity contribution in [3.8, 4) is 5.75 Å². The van der Waals surface area contributed by atoms with Crippen LogP contribution in [0, 0.1) is 0 Å². The van der Waals surface area contributed by atoms with Crippen molar-refractivity contribution in [1.82, 2.24) is 0 Å². The first-order chi connectivity index (χ1) is 8.87. The van der Waals surface area contributed by atoms with Gasteiger partial charge in [0.25, 0.3) is 0 Å². The Labute approximate surface area is 113 Å². The lowest BCUT2D eigenvalue weighted by atomic mass is 9.83. The first-order valence-corrected chi connectivity index (χ1v) is 6.32. The average molecular weight is 293 g/mol. The minimum atomic E-state index is -4.79. The zero-order chi connectivity index (χ0) is 14.0. The van der Waals surface area contributed by atoms with Gasteiger partial charge in [0.05, 0.1) is 5.02 Å². The Morgan fingerprint density at radius 1 is 1.26 bits per heavy atom. The van der Waals surface area contributed by atoms with Crippen LogP contribution in [0.2, 0.25) is 5.02 Å². The first-order valence-electron chi connectivity index (χ1n) is 5.95. The molecular weight excluding hydrogens is 281 g/mol. The van der Waals surface area contributed by atoms with Crippen LogP contribution >= 0.6 is 11.6 Å². The van der Waals surface area contributed by atoms with E-state index in [9.17, 15) is 18.0 Å². The number of ketones is 1. The fraction of sp³-hybridized carbons (Fsp3) is 0.462. The molecule has 1 saturated carbocycles. The lowest BCUT2D eigenvalue weighted by molar-refractivity contribution is -0.274. The Kier molecular flexibility index (Phi) is 4.04. The zero-order valence-electron chi connectivity index (χ0n) is 9.97. The van der Waals surface area contributed by atoms with Crippen LogP contribution in [0.3, 0.4) is 0 Å². The molecule has 1 aliphatic carbocycles. The van der Waals surface area contributed by atoms with E-state index < -0.39 is 12.1 Å². The molecule has 0 radical (unpaired) electrons. The van der Waals surface area contributed by atoms with Crippen molar-refractivity contribution in [2.24, 2.45) is 0 Å². The molecule has 2 nitrogen and oxygen atoms in total. The summed E-state index contributed by atoms with van der Waals surface area (Å²) in [5, 5.41) is -0.121. The molecule has 0 aromatic heterocycles. The number of alkyl halides is 3. The second kappa shape index (κ2) is 5.41. The summed E-state index contributed by atoms with van der Waals surface area (Å²) >= 11 is 5.67. The molecule has 1 aliphatic rings. The SMILES string of the molecule is O=C1CCCCC1c1ccc(Cl)c(OC(F)(F)F)c1. The Hall–Kier alpha value is -1.23. The minimum absolute atomic E-state index is 0.0616. The van der Waals surface area contributed by atoms with Gasteiger partial charge in [0, 0.05) is 12.3 Å². The van der Waals surface area contributed by atoms with Crippen LogP contribution in [0.4, 0.5) is 13.2 Å². The van der Waals surface area contributed by atoms with Gasteiger partial charge in [0.15, 0.2) is 0 Å². The second-order valence-electron chi connectivity index (χ2n) is 4.50. The molecule has 19 heavy (non-hydrogen) atoms. The van der Waals surface area contributed by atoms with Gasteiger partial charge in [-0.05, 0) is 30.5 Å². The van der Waals surface area contributed by atoms with Gasteiger partial charge < -0.3 is 4.74 Å². The van der Waals surface area contributed by atoms with E-state index in [1.165, 1.54) is 12.1 Å². The lowest BCUT2D eigenvalue weighted by Gasteiger charge is -2.21. The number of rotatable bonds is 2. The molecule has 1 aromatic rings. The number of carbonyl (C=O) groups excluding carboxylic acids is 1. The average Bonchev–Trinajstić information content (AvgIpc) is 2.31. The van der Waals surface area contributed by atoms with Crippen LogP contribution in [0.1, 0.15) is 37.2 Å². The number of hydrogen-bond acceptors (Lipinski definition) is 2. The van der Waals surface area contributed by atoms with Crippen molar-refractivity contribution in [1.29, 1.82) is 0 Å². The number of benzene rings is 1. The quantitative estimate of drug-likeness (QED) is 0.804. The summed E-state index contributed by atoms with van der Waals surface area (Å²) in [5.74, 6) is -0.738. The summed E-state index contributed by atoms with van der Waals surface area (Å²) in [7, 11) is 0. The van der Waals surface area contributed by atoms with E-state index in [1.54, 1.807) is 6.07 Å². The molecule has 0 bridgehead atoms. The standard InChI is InChI=1S/C13H12ClF3O2/c14-10-6-5-8(7-12(10)19-13(15,16)17)9-3-1-2-4-11(9)18/h5-7,9H,1-4H2. The largest absolute Gasteiger partial charge is 0.573 e. The van der Waals surface area contributed by atoms with Crippen LogP contribution in [0.25, 0.3) is 0 Å². The van der Waals surface area contributed by atoms with E-state index in [-0.39, 0.29) is 16.7 Å². The molecule has 1 unspecified atom stereocenters. The van der Waals surface area contributed by atoms with Gasteiger partial charge in [0.1, 0.15) is 11.5 Å². The van der Waals surface area contributed by atoms with Crippen LogP contribution in [-0.2, 0) is 4.79 Å². The normalized spacial score (nSPS) is 20.4. The zero-order valence-corrected chi connectivity index (χ0v) is 10.7. The third-order valence-corrected chi connectivity index (χ3v) is 3.45. The number of Topliss-reactive ketones (excluding diaryl/α,β-unsaturated/α-hetero) is 1. The molecule has 0 saturated heterocycles. The van der Waals surface area contributed by atoms with Gasteiger partial charge in [-0.2, -0.15) is 0 Å². The van der Waals surface area contributed by atoms with Crippen molar-refractivity contribution < 1.29 is 22.7 Å². The third kappa shape index (κ3) is 3.62. The Bertz CT molecular complexity index is 485. The molecular formula is C13H12ClF3O2. The highest BCUT2D eigenvalue weighted by Gasteiger charge is 2.33. The highest BCUT2D eigenvalue weighted by atomic mass is 35.5. The van der Waals surface area contributed by atoms with E-state index >= 15 is 0 Å². The Morgan fingerprint density at radius 3 is 2.63 bits per heavy atom. The summed E-state index contributed by atoms with van der Waals surface area (Å²) in [6, 6.07) is 4.13. The van der Waals surface area contributed by atoms with Crippen molar-refractivity contribution in [3.63, 3.8) is 0 Å². The topological polar surface area (TPSA) is 26.3 Å². The van der Waals surface area contributed by atoms with E-state index in [1.807, 2.05) is 0 Å². The van der Waals surface area contributed by atoms with E-state index in [4.69, 9.17) is 11.6 Å². The Morgan fingerprint density at radius 2 is 2.00 bits per heavy atom. The molecule has 0 N–H and O–H groups in total. The first kappa shape index (κ1) is 14.2. The predicted molar refractivity (Wildman–Crippen MR) is 64.4 cm³/mol. The molecule has 0 amide bonds. The monoisotopic (exact) mass is 292 g/mol. The van der Waals surface area contributed by atoms with Crippen LogP contribution < -0.4 is 4.74 Å². The third-order valence-electron chi connectivity index (χ3n) is 3.14. The fourth-order valence-corrected chi connectivity index (χ4v) is 2.43. The summed E-state index contributed by atoms with van der Waals surface area (Å²) in [6.45, 7) is 0. The Balaban J connectivity index is 2.27. The van der Waals surface area contributed by atoms with Crippen LogP contribution in [-0.4, -0.2) is 12.1 Å². The highest BCUT2D eigenvalue weighted by molar-refractivity contribution is 6.32. The molecule has 6 heteroatoms. The molecule has 1 aromatic carbocycles. The van der Waals surface area contributed by atoms with Crippen LogP contribution in [0.15, 0.2) is 18.2 Å². The van der Waals surface area contributed by atoms with Crippen molar-refractivity contribution in [3.05, 3.63) is 28.8 Å². The van der Waals surface area contributed by atoms with Gasteiger partial charge in [-0.3, -0.25) is 4.79 Å². The maximum absolute atomic E-state index is 12.2.